The zero-order valence-electron chi connectivity index (χ0n) is 15.8. The quantitative estimate of drug-likeness (QED) is 0.461. The second kappa shape index (κ2) is 8.14. The molecule has 0 bridgehead atoms. The number of nitrogens with zero attached hydrogens (tertiary/aromatic N) is 4. The average Bonchev–Trinajstić information content (AvgIpc) is 2.74. The van der Waals surface area contributed by atoms with Crippen LogP contribution in [0.4, 0.5) is 5.69 Å². The topological polar surface area (TPSA) is 81.4 Å². The number of rotatable bonds is 5. The summed E-state index contributed by atoms with van der Waals surface area (Å²) in [6.07, 6.45) is 2.65. The van der Waals surface area contributed by atoms with Crippen molar-refractivity contribution in [2.24, 2.45) is 0 Å². The number of methoxy groups -OCH3 is 1. The average molecular weight is 411 g/mol. The Morgan fingerprint density at radius 3 is 2.76 bits per heavy atom. The van der Waals surface area contributed by atoms with E-state index >= 15 is 0 Å². The van der Waals surface area contributed by atoms with Crippen LogP contribution in [0.3, 0.4) is 0 Å². The van der Waals surface area contributed by atoms with Gasteiger partial charge in [-0.2, -0.15) is 0 Å². The number of aromatic nitrogens is 2. The molecule has 0 N–H and O–H groups in total. The van der Waals surface area contributed by atoms with Crippen molar-refractivity contribution < 1.29 is 9.66 Å². The first-order valence-electron chi connectivity index (χ1n) is 9.18. The molecule has 8 heteroatoms. The second-order valence-corrected chi connectivity index (χ2v) is 7.32. The molecule has 4 rings (SSSR count). The van der Waals surface area contributed by atoms with E-state index in [1.807, 2.05) is 30.5 Å². The number of halogens is 1. The molecule has 148 valence electrons. The highest BCUT2D eigenvalue weighted by Gasteiger charge is 2.21. The molecule has 0 saturated heterocycles. The predicted octanol–water partition coefficient (Wildman–Crippen LogP) is 4.27. The SMILES string of the molecule is COc1ccc([N+](=O)[O-])cc1CN1CCc2nc(-c3ccc(Cl)cc3)ncc2C1. The van der Waals surface area contributed by atoms with Gasteiger partial charge in [-0.25, -0.2) is 9.97 Å². The third-order valence-electron chi connectivity index (χ3n) is 4.98. The lowest BCUT2D eigenvalue weighted by molar-refractivity contribution is -0.385. The van der Waals surface area contributed by atoms with Crippen LogP contribution >= 0.6 is 11.6 Å². The number of nitro benzene ring substituents is 1. The van der Waals surface area contributed by atoms with Crippen LogP contribution in [0.1, 0.15) is 16.8 Å². The molecule has 0 amide bonds. The molecule has 0 unspecified atom stereocenters. The van der Waals surface area contributed by atoms with Gasteiger partial charge in [-0.15, -0.1) is 0 Å². The van der Waals surface area contributed by atoms with Gasteiger partial charge < -0.3 is 4.74 Å². The monoisotopic (exact) mass is 410 g/mol. The minimum absolute atomic E-state index is 0.0640. The van der Waals surface area contributed by atoms with Gasteiger partial charge in [0.1, 0.15) is 5.75 Å². The first-order valence-corrected chi connectivity index (χ1v) is 9.55. The Morgan fingerprint density at radius 2 is 2.03 bits per heavy atom. The van der Waals surface area contributed by atoms with Crippen LogP contribution in [0, 0.1) is 10.1 Å². The van der Waals surface area contributed by atoms with Gasteiger partial charge in [0.25, 0.3) is 5.69 Å². The van der Waals surface area contributed by atoms with Crippen LogP contribution in [0.25, 0.3) is 11.4 Å². The maximum Gasteiger partial charge on any atom is 0.270 e. The fourth-order valence-electron chi connectivity index (χ4n) is 3.49. The van der Waals surface area contributed by atoms with Crippen molar-refractivity contribution in [3.63, 3.8) is 0 Å². The van der Waals surface area contributed by atoms with Gasteiger partial charge in [-0.1, -0.05) is 11.6 Å². The van der Waals surface area contributed by atoms with E-state index in [9.17, 15) is 10.1 Å². The van der Waals surface area contributed by atoms with Gasteiger partial charge >= 0.3 is 0 Å². The van der Waals surface area contributed by atoms with Crippen molar-refractivity contribution in [2.45, 2.75) is 19.5 Å². The maximum atomic E-state index is 11.1. The molecule has 0 spiro atoms. The summed E-state index contributed by atoms with van der Waals surface area (Å²) in [6, 6.07) is 12.2. The highest BCUT2D eigenvalue weighted by atomic mass is 35.5. The van der Waals surface area contributed by atoms with Crippen LogP contribution < -0.4 is 4.74 Å². The maximum absolute atomic E-state index is 11.1. The number of fused-ring (bicyclic) bond motifs is 1. The molecular weight excluding hydrogens is 392 g/mol. The van der Waals surface area contributed by atoms with E-state index < -0.39 is 0 Å². The van der Waals surface area contributed by atoms with Crippen molar-refractivity contribution in [1.29, 1.82) is 0 Å². The van der Waals surface area contributed by atoms with E-state index in [4.69, 9.17) is 21.3 Å². The summed E-state index contributed by atoms with van der Waals surface area (Å²) in [5, 5.41) is 11.8. The van der Waals surface area contributed by atoms with Gasteiger partial charge in [0.2, 0.25) is 0 Å². The lowest BCUT2D eigenvalue weighted by atomic mass is 10.1. The number of hydrogen-bond donors (Lipinski definition) is 0. The van der Waals surface area contributed by atoms with Crippen LogP contribution in [-0.2, 0) is 19.5 Å². The molecule has 0 fully saturated rings. The molecular formula is C21H19ClN4O3. The largest absolute Gasteiger partial charge is 0.496 e. The van der Waals surface area contributed by atoms with Gasteiger partial charge in [0.05, 0.1) is 17.7 Å². The van der Waals surface area contributed by atoms with Crippen LogP contribution in [-0.4, -0.2) is 33.4 Å². The normalized spacial score (nSPS) is 13.7. The van der Waals surface area contributed by atoms with Crippen molar-refractivity contribution in [3.05, 3.63) is 80.6 Å². The summed E-state index contributed by atoms with van der Waals surface area (Å²) < 4.78 is 5.38. The van der Waals surface area contributed by atoms with Gasteiger partial charge in [0, 0.05) is 66.1 Å². The molecule has 2 heterocycles. The highest BCUT2D eigenvalue weighted by Crippen LogP contribution is 2.28. The van der Waals surface area contributed by atoms with E-state index in [-0.39, 0.29) is 10.6 Å². The van der Waals surface area contributed by atoms with Gasteiger partial charge in [-0.05, 0) is 30.3 Å². The Kier molecular flexibility index (Phi) is 5.42. The van der Waals surface area contributed by atoms with Crippen LogP contribution in [0.15, 0.2) is 48.7 Å². The second-order valence-electron chi connectivity index (χ2n) is 6.89. The fourth-order valence-corrected chi connectivity index (χ4v) is 3.62. The molecule has 1 aliphatic heterocycles. The van der Waals surface area contributed by atoms with Crippen molar-refractivity contribution in [1.82, 2.24) is 14.9 Å². The van der Waals surface area contributed by atoms with Crippen LogP contribution in [0.2, 0.25) is 5.02 Å². The zero-order valence-corrected chi connectivity index (χ0v) is 16.6. The number of benzene rings is 2. The van der Waals surface area contributed by atoms with E-state index in [1.165, 1.54) is 6.07 Å². The third-order valence-corrected chi connectivity index (χ3v) is 5.24. The third kappa shape index (κ3) is 4.21. The first kappa shape index (κ1) is 19.3. The summed E-state index contributed by atoms with van der Waals surface area (Å²) in [5.74, 6) is 1.34. The molecule has 1 aliphatic rings. The highest BCUT2D eigenvalue weighted by molar-refractivity contribution is 6.30. The van der Waals surface area contributed by atoms with E-state index in [0.717, 1.165) is 35.3 Å². The minimum Gasteiger partial charge on any atom is -0.496 e. The van der Waals surface area contributed by atoms with E-state index in [1.54, 1.807) is 19.2 Å². The summed E-state index contributed by atoms with van der Waals surface area (Å²) >= 11 is 5.95. The number of ether oxygens (including phenoxy) is 1. The minimum atomic E-state index is -0.388. The van der Waals surface area contributed by atoms with Crippen molar-refractivity contribution >= 4 is 17.3 Å². The molecule has 1 aromatic heterocycles. The van der Waals surface area contributed by atoms with Crippen molar-refractivity contribution in [2.75, 3.05) is 13.7 Å². The van der Waals surface area contributed by atoms with Crippen LogP contribution in [0.5, 0.6) is 5.75 Å². The summed E-state index contributed by atoms with van der Waals surface area (Å²) in [6.45, 7) is 2.04. The number of non-ortho nitro benzene ring substituents is 1. The molecule has 3 aromatic rings. The van der Waals surface area contributed by atoms with E-state index in [2.05, 4.69) is 9.88 Å². The van der Waals surface area contributed by atoms with Crippen molar-refractivity contribution in [3.8, 4) is 17.1 Å². The standard InChI is InChI=1S/C21H19ClN4O3/c1-29-20-7-6-18(26(27)28)10-15(20)12-25-9-8-19-16(13-25)11-23-21(24-19)14-2-4-17(22)5-3-14/h2-7,10-11H,8-9,12-13H2,1H3. The summed E-state index contributed by atoms with van der Waals surface area (Å²) in [4.78, 5) is 22.2. The number of nitro groups is 1. The Bertz CT molecular complexity index is 1060. The first-order chi connectivity index (χ1) is 14.0. The predicted molar refractivity (Wildman–Crippen MR) is 110 cm³/mol. The summed E-state index contributed by atoms with van der Waals surface area (Å²) in [7, 11) is 1.57. The zero-order chi connectivity index (χ0) is 20.4. The smallest absolute Gasteiger partial charge is 0.270 e. The number of hydrogen-bond acceptors (Lipinski definition) is 6. The lowest BCUT2D eigenvalue weighted by Crippen LogP contribution is -2.31. The van der Waals surface area contributed by atoms with Gasteiger partial charge in [-0.3, -0.25) is 15.0 Å². The Labute approximate surface area is 173 Å². The Hall–Kier alpha value is -3.03. The van der Waals surface area contributed by atoms with Gasteiger partial charge in [0.15, 0.2) is 5.82 Å². The Morgan fingerprint density at radius 1 is 1.24 bits per heavy atom. The fraction of sp³-hybridized carbons (Fsp3) is 0.238. The Balaban J connectivity index is 1.53. The van der Waals surface area contributed by atoms with E-state index in [0.29, 0.717) is 29.7 Å². The molecule has 2 aromatic carbocycles. The lowest BCUT2D eigenvalue weighted by Gasteiger charge is -2.28. The molecule has 0 saturated carbocycles. The molecule has 0 atom stereocenters. The molecule has 29 heavy (non-hydrogen) atoms. The summed E-state index contributed by atoms with van der Waals surface area (Å²) in [5.41, 5.74) is 3.89. The molecule has 7 nitrogen and oxygen atoms in total. The molecule has 0 radical (unpaired) electrons. The molecule has 0 aliphatic carbocycles.